The highest BCUT2D eigenvalue weighted by Gasteiger charge is 2.30. The predicted octanol–water partition coefficient (Wildman–Crippen LogP) is 2.54. The molecule has 1 saturated heterocycles. The van der Waals surface area contributed by atoms with Crippen LogP contribution in [0.15, 0.2) is 16.6 Å². The van der Waals surface area contributed by atoms with Gasteiger partial charge in [-0.25, -0.2) is 9.18 Å². The number of hydrogen-bond acceptors (Lipinski definition) is 5. The molecule has 7 nitrogen and oxygen atoms in total. The Balaban J connectivity index is 2.05. The van der Waals surface area contributed by atoms with Crippen molar-refractivity contribution in [2.45, 2.75) is 25.0 Å². The molecule has 0 radical (unpaired) electrons. The summed E-state index contributed by atoms with van der Waals surface area (Å²) < 4.78 is 18.7. The van der Waals surface area contributed by atoms with E-state index in [4.69, 9.17) is 9.84 Å². The van der Waals surface area contributed by atoms with Crippen LogP contribution in [0.3, 0.4) is 0 Å². The number of carboxylic acids is 1. The zero-order valence-corrected chi connectivity index (χ0v) is 12.3. The molecule has 2 N–H and O–H groups in total. The van der Waals surface area contributed by atoms with Crippen LogP contribution in [0.5, 0.6) is 0 Å². The highest BCUT2D eigenvalue weighted by Crippen LogP contribution is 2.31. The van der Waals surface area contributed by atoms with Gasteiger partial charge in [-0.05, 0) is 34.8 Å². The van der Waals surface area contributed by atoms with Crippen molar-refractivity contribution in [1.29, 1.82) is 0 Å². The van der Waals surface area contributed by atoms with E-state index in [2.05, 4.69) is 21.2 Å². The first-order chi connectivity index (χ1) is 9.88. The lowest BCUT2D eigenvalue weighted by Crippen LogP contribution is -2.24. The monoisotopic (exact) mass is 362 g/mol. The zero-order chi connectivity index (χ0) is 15.6. The lowest BCUT2D eigenvalue weighted by Gasteiger charge is -2.13. The van der Waals surface area contributed by atoms with Crippen LogP contribution in [0.25, 0.3) is 0 Å². The lowest BCUT2D eigenvalue weighted by molar-refractivity contribution is -0.384. The number of aliphatic carboxylic acids is 1. The van der Waals surface area contributed by atoms with Crippen molar-refractivity contribution in [3.63, 3.8) is 0 Å². The Bertz CT molecular complexity index is 583. The van der Waals surface area contributed by atoms with Gasteiger partial charge in [0.2, 0.25) is 0 Å². The van der Waals surface area contributed by atoms with E-state index in [0.717, 1.165) is 6.07 Å². The average Bonchev–Trinajstić information content (AvgIpc) is 2.88. The van der Waals surface area contributed by atoms with E-state index in [9.17, 15) is 19.3 Å². The van der Waals surface area contributed by atoms with Gasteiger partial charge in [0.05, 0.1) is 21.6 Å². The van der Waals surface area contributed by atoms with Crippen LogP contribution >= 0.6 is 15.9 Å². The zero-order valence-electron chi connectivity index (χ0n) is 10.7. The number of hydrogen-bond donors (Lipinski definition) is 2. The molecule has 0 saturated carbocycles. The molecular weight excluding hydrogens is 351 g/mol. The summed E-state index contributed by atoms with van der Waals surface area (Å²) in [4.78, 5) is 21.0. The van der Waals surface area contributed by atoms with E-state index in [1.807, 2.05) is 0 Å². The second kappa shape index (κ2) is 6.35. The second-order valence-electron chi connectivity index (χ2n) is 4.58. The van der Waals surface area contributed by atoms with Crippen LogP contribution in [-0.2, 0) is 9.53 Å². The number of benzene rings is 1. The van der Waals surface area contributed by atoms with Crippen LogP contribution < -0.4 is 5.32 Å². The topological polar surface area (TPSA) is 102 Å². The van der Waals surface area contributed by atoms with Crippen LogP contribution in [0.2, 0.25) is 0 Å². The minimum Gasteiger partial charge on any atom is -0.479 e. The molecule has 1 heterocycles. The molecule has 0 bridgehead atoms. The van der Waals surface area contributed by atoms with Gasteiger partial charge < -0.3 is 15.2 Å². The molecule has 1 aromatic carbocycles. The maximum absolute atomic E-state index is 13.3. The molecule has 2 rings (SSSR count). The third-order valence-corrected chi connectivity index (χ3v) is 3.75. The van der Waals surface area contributed by atoms with Crippen LogP contribution in [0, 0.1) is 15.9 Å². The maximum Gasteiger partial charge on any atom is 0.332 e. The van der Waals surface area contributed by atoms with Crippen molar-refractivity contribution in [1.82, 2.24) is 0 Å². The standard InChI is InChI=1S/C12H12BrFN2O5/c13-7-3-9(10(16(19)20)4-8(7)14)15-5-6-1-2-11(21-6)12(17)18/h3-4,6,11,15H,1-2,5H2,(H,17,18). The van der Waals surface area contributed by atoms with E-state index in [1.54, 1.807) is 0 Å². The Kier molecular flexibility index (Phi) is 4.73. The fourth-order valence-electron chi connectivity index (χ4n) is 2.09. The Hall–Kier alpha value is -1.74. The molecule has 0 aliphatic carbocycles. The van der Waals surface area contributed by atoms with Crippen LogP contribution in [0.4, 0.5) is 15.8 Å². The number of carbonyl (C=O) groups is 1. The molecule has 0 amide bonds. The maximum atomic E-state index is 13.3. The predicted molar refractivity (Wildman–Crippen MR) is 74.8 cm³/mol. The summed E-state index contributed by atoms with van der Waals surface area (Å²) in [7, 11) is 0. The van der Waals surface area contributed by atoms with Crippen LogP contribution in [0.1, 0.15) is 12.8 Å². The van der Waals surface area contributed by atoms with Gasteiger partial charge in [0.25, 0.3) is 5.69 Å². The summed E-state index contributed by atoms with van der Waals surface area (Å²) in [6, 6.07) is 2.10. The molecule has 21 heavy (non-hydrogen) atoms. The number of nitrogens with zero attached hydrogens (tertiary/aromatic N) is 1. The fourth-order valence-corrected chi connectivity index (χ4v) is 2.43. The third kappa shape index (κ3) is 3.67. The number of ether oxygens (including phenoxy) is 1. The molecular formula is C12H12BrFN2O5. The molecule has 2 atom stereocenters. The van der Waals surface area contributed by atoms with Gasteiger partial charge in [0, 0.05) is 6.54 Å². The van der Waals surface area contributed by atoms with Gasteiger partial charge in [-0.15, -0.1) is 0 Å². The Morgan fingerprint density at radius 3 is 2.86 bits per heavy atom. The molecule has 0 spiro atoms. The third-order valence-electron chi connectivity index (χ3n) is 3.14. The van der Waals surface area contributed by atoms with E-state index in [0.29, 0.717) is 12.8 Å². The molecule has 1 fully saturated rings. The normalized spacial score (nSPS) is 21.2. The first-order valence-corrected chi connectivity index (χ1v) is 6.93. The van der Waals surface area contributed by atoms with Gasteiger partial charge in [-0.1, -0.05) is 0 Å². The van der Waals surface area contributed by atoms with Crippen molar-refractivity contribution in [3.8, 4) is 0 Å². The summed E-state index contributed by atoms with van der Waals surface area (Å²) in [5, 5.41) is 22.5. The van der Waals surface area contributed by atoms with Crippen molar-refractivity contribution in [3.05, 3.63) is 32.5 Å². The number of nitrogens with one attached hydrogen (secondary N) is 1. The van der Waals surface area contributed by atoms with Crippen LogP contribution in [-0.4, -0.2) is 34.8 Å². The minimum absolute atomic E-state index is 0.103. The second-order valence-corrected chi connectivity index (χ2v) is 5.44. The molecule has 1 aromatic rings. The van der Waals surface area contributed by atoms with Crippen molar-refractivity contribution in [2.75, 3.05) is 11.9 Å². The Morgan fingerprint density at radius 1 is 1.57 bits per heavy atom. The number of nitro benzene ring substituents is 1. The number of halogens is 2. The van der Waals surface area contributed by atoms with E-state index < -0.39 is 22.8 Å². The fraction of sp³-hybridized carbons (Fsp3) is 0.417. The number of nitro groups is 1. The van der Waals surface area contributed by atoms with E-state index in [1.165, 1.54) is 6.07 Å². The van der Waals surface area contributed by atoms with Gasteiger partial charge in [-0.3, -0.25) is 10.1 Å². The molecule has 9 heteroatoms. The smallest absolute Gasteiger partial charge is 0.332 e. The van der Waals surface area contributed by atoms with Gasteiger partial charge in [-0.2, -0.15) is 0 Å². The molecule has 2 unspecified atom stereocenters. The number of rotatable bonds is 5. The highest BCUT2D eigenvalue weighted by atomic mass is 79.9. The summed E-state index contributed by atoms with van der Waals surface area (Å²) in [6.45, 7) is 0.211. The number of carboxylic acid groups (broad SMARTS) is 1. The van der Waals surface area contributed by atoms with Gasteiger partial charge in [0.1, 0.15) is 11.5 Å². The van der Waals surface area contributed by atoms with Crippen molar-refractivity contribution < 1.29 is 24.0 Å². The highest BCUT2D eigenvalue weighted by molar-refractivity contribution is 9.10. The average molecular weight is 363 g/mol. The molecule has 1 aliphatic rings. The minimum atomic E-state index is -1.02. The number of anilines is 1. The van der Waals surface area contributed by atoms with Gasteiger partial charge >= 0.3 is 5.97 Å². The summed E-state index contributed by atoms with van der Waals surface area (Å²) >= 11 is 2.96. The first kappa shape index (κ1) is 15.6. The SMILES string of the molecule is O=C(O)C1CCC(CNc2cc(Br)c(F)cc2[N+](=O)[O-])O1. The Labute approximate surface area is 127 Å². The first-order valence-electron chi connectivity index (χ1n) is 6.14. The summed E-state index contributed by atoms with van der Waals surface area (Å²) in [5.74, 6) is -1.75. The summed E-state index contributed by atoms with van der Waals surface area (Å²) in [5.41, 5.74) is -0.237. The Morgan fingerprint density at radius 2 is 2.29 bits per heavy atom. The molecule has 0 aromatic heterocycles. The largest absolute Gasteiger partial charge is 0.479 e. The lowest BCUT2D eigenvalue weighted by atomic mass is 10.2. The molecule has 1 aliphatic heterocycles. The quantitative estimate of drug-likeness (QED) is 0.616. The molecule has 114 valence electrons. The van der Waals surface area contributed by atoms with Gasteiger partial charge in [0.15, 0.2) is 6.10 Å². The van der Waals surface area contributed by atoms with E-state index in [-0.39, 0.29) is 28.5 Å². The summed E-state index contributed by atoms with van der Waals surface area (Å²) in [6.07, 6.45) is -0.252. The van der Waals surface area contributed by atoms with Crippen molar-refractivity contribution in [2.24, 2.45) is 0 Å². The van der Waals surface area contributed by atoms with Crippen molar-refractivity contribution >= 4 is 33.3 Å². The van der Waals surface area contributed by atoms with E-state index >= 15 is 0 Å².